The van der Waals surface area contributed by atoms with Gasteiger partial charge in [-0.25, -0.2) is 8.70 Å². The monoisotopic (exact) mass is 536 g/mol. The number of benzene rings is 2. The Morgan fingerprint density at radius 3 is 2.24 bits per heavy atom. The number of hydrogen-bond acceptors (Lipinski definition) is 5. The number of nitrogens with one attached hydrogen (secondary N) is 1. The number of hydrogen-bond donors (Lipinski definition) is 1. The summed E-state index contributed by atoms with van der Waals surface area (Å²) in [4.78, 5) is 28.2. The van der Waals surface area contributed by atoms with Gasteiger partial charge in [0.2, 0.25) is 11.8 Å². The first kappa shape index (κ1) is 30.0. The van der Waals surface area contributed by atoms with Gasteiger partial charge < -0.3 is 15.0 Å². The summed E-state index contributed by atoms with van der Waals surface area (Å²) in [5, 5.41) is 2.86. The third kappa shape index (κ3) is 7.90. The van der Waals surface area contributed by atoms with E-state index in [0.29, 0.717) is 18.7 Å². The van der Waals surface area contributed by atoms with Crippen LogP contribution in [-0.2, 0) is 26.3 Å². The van der Waals surface area contributed by atoms with E-state index < -0.39 is 34.5 Å². The third-order valence-corrected chi connectivity index (χ3v) is 7.67. The van der Waals surface area contributed by atoms with Crippen LogP contribution in [0.25, 0.3) is 0 Å². The summed E-state index contributed by atoms with van der Waals surface area (Å²) in [5.74, 6) is -1.12. The van der Waals surface area contributed by atoms with Crippen LogP contribution in [0.4, 0.5) is 10.1 Å². The molecule has 0 aliphatic heterocycles. The first-order chi connectivity index (χ1) is 17.6. The van der Waals surface area contributed by atoms with Crippen molar-refractivity contribution in [3.63, 3.8) is 0 Å². The van der Waals surface area contributed by atoms with Gasteiger partial charge in [0.05, 0.1) is 12.8 Å². The van der Waals surface area contributed by atoms with Gasteiger partial charge in [-0.15, -0.1) is 0 Å². The van der Waals surface area contributed by atoms with Gasteiger partial charge in [0.15, 0.2) is 0 Å². The van der Waals surface area contributed by atoms with E-state index in [1.807, 2.05) is 6.92 Å². The fraction of sp³-hybridized carbons (Fsp3) is 0.462. The molecule has 9 nitrogen and oxygen atoms in total. The summed E-state index contributed by atoms with van der Waals surface area (Å²) < 4.78 is 47.8. The average molecular weight is 537 g/mol. The lowest BCUT2D eigenvalue weighted by atomic mass is 10.1. The maximum atomic E-state index is 14.7. The zero-order valence-corrected chi connectivity index (χ0v) is 22.9. The van der Waals surface area contributed by atoms with E-state index in [9.17, 15) is 22.4 Å². The SMILES string of the molecule is CCCCNC(=O)[C@H](CC)N(Cc1ccc(OC)cc1)C(=O)CN(c1ccccc1F)S(=O)(=O)N(C)C. The van der Waals surface area contributed by atoms with Crippen molar-refractivity contribution in [2.24, 2.45) is 0 Å². The molecule has 0 unspecified atom stereocenters. The largest absolute Gasteiger partial charge is 0.497 e. The topological polar surface area (TPSA) is 99.3 Å². The van der Waals surface area contributed by atoms with Crippen LogP contribution in [0, 0.1) is 5.82 Å². The zero-order valence-electron chi connectivity index (χ0n) is 22.1. The van der Waals surface area contributed by atoms with Crippen molar-refractivity contribution in [3.8, 4) is 5.75 Å². The first-order valence-electron chi connectivity index (χ1n) is 12.2. The van der Waals surface area contributed by atoms with E-state index in [2.05, 4.69) is 5.32 Å². The zero-order chi connectivity index (χ0) is 27.6. The Morgan fingerprint density at radius 1 is 1.05 bits per heavy atom. The molecule has 11 heteroatoms. The number of carbonyl (C=O) groups excluding carboxylic acids is 2. The highest BCUT2D eigenvalue weighted by Crippen LogP contribution is 2.24. The third-order valence-electron chi connectivity index (χ3n) is 5.87. The lowest BCUT2D eigenvalue weighted by Gasteiger charge is -2.34. The quantitative estimate of drug-likeness (QED) is 0.374. The number of anilines is 1. The molecule has 0 spiro atoms. The summed E-state index contributed by atoms with van der Waals surface area (Å²) in [6, 6.07) is 11.5. The molecule has 0 radical (unpaired) electrons. The van der Waals surface area contributed by atoms with E-state index in [-0.39, 0.29) is 18.1 Å². The van der Waals surface area contributed by atoms with Gasteiger partial charge in [-0.2, -0.15) is 12.7 Å². The van der Waals surface area contributed by atoms with Crippen molar-refractivity contribution in [2.45, 2.75) is 45.7 Å². The molecule has 2 amide bonds. The van der Waals surface area contributed by atoms with Gasteiger partial charge in [-0.1, -0.05) is 44.5 Å². The lowest BCUT2D eigenvalue weighted by molar-refractivity contribution is -0.140. The molecule has 0 fully saturated rings. The fourth-order valence-corrected chi connectivity index (χ4v) is 4.77. The van der Waals surface area contributed by atoms with Crippen LogP contribution in [0.5, 0.6) is 5.75 Å². The van der Waals surface area contributed by atoms with Crippen LogP contribution < -0.4 is 14.4 Å². The van der Waals surface area contributed by atoms with Gasteiger partial charge in [0.1, 0.15) is 24.2 Å². The van der Waals surface area contributed by atoms with E-state index in [0.717, 1.165) is 33.1 Å². The molecule has 204 valence electrons. The first-order valence-corrected chi connectivity index (χ1v) is 13.6. The van der Waals surface area contributed by atoms with Gasteiger partial charge in [-0.05, 0) is 42.7 Å². The summed E-state index contributed by atoms with van der Waals surface area (Å²) in [6.45, 7) is 3.62. The molecule has 0 aliphatic carbocycles. The van der Waals surface area contributed by atoms with Crippen molar-refractivity contribution >= 4 is 27.7 Å². The minimum Gasteiger partial charge on any atom is -0.497 e. The van der Waals surface area contributed by atoms with E-state index in [1.54, 1.807) is 38.3 Å². The molecule has 2 rings (SSSR count). The Bertz CT molecular complexity index is 1140. The van der Waals surface area contributed by atoms with Crippen molar-refractivity contribution in [1.82, 2.24) is 14.5 Å². The Labute approximate surface area is 219 Å². The molecular weight excluding hydrogens is 499 g/mol. The normalized spacial score (nSPS) is 12.2. The number of carbonyl (C=O) groups is 2. The highest BCUT2D eigenvalue weighted by molar-refractivity contribution is 7.90. The van der Waals surface area contributed by atoms with Gasteiger partial charge in [-0.3, -0.25) is 9.59 Å². The number of nitrogens with zero attached hydrogens (tertiary/aromatic N) is 3. The standard InChI is InChI=1S/C26H37FN4O5S/c1-6-8-17-28-26(33)23(7-2)30(18-20-13-15-21(36-5)16-14-20)25(32)19-31(37(34,35)29(3)4)24-12-10-9-11-22(24)27/h9-16,23H,6-8,17-19H2,1-5H3,(H,28,33)/t23-/m0/s1. The van der Waals surface area contributed by atoms with Crippen molar-refractivity contribution in [2.75, 3.05) is 38.6 Å². The molecular formula is C26H37FN4O5S. The number of unbranched alkanes of at least 4 members (excludes halogenated alkanes) is 1. The van der Waals surface area contributed by atoms with Crippen LogP contribution in [0.1, 0.15) is 38.7 Å². The van der Waals surface area contributed by atoms with Gasteiger partial charge in [0.25, 0.3) is 0 Å². The Kier molecular flexibility index (Phi) is 11.3. The van der Waals surface area contributed by atoms with Crippen molar-refractivity contribution in [3.05, 3.63) is 59.9 Å². The molecule has 37 heavy (non-hydrogen) atoms. The maximum absolute atomic E-state index is 14.7. The molecule has 2 aromatic rings. The average Bonchev–Trinajstić information content (AvgIpc) is 2.88. The van der Waals surface area contributed by atoms with Crippen LogP contribution in [-0.4, -0.2) is 69.8 Å². The molecule has 1 atom stereocenters. The van der Waals surface area contributed by atoms with Crippen LogP contribution in [0.3, 0.4) is 0 Å². The summed E-state index contributed by atoms with van der Waals surface area (Å²) in [6.07, 6.45) is 1.99. The van der Waals surface area contributed by atoms with Crippen molar-refractivity contribution in [1.29, 1.82) is 0 Å². The Morgan fingerprint density at radius 2 is 1.70 bits per heavy atom. The second-order valence-corrected chi connectivity index (χ2v) is 10.8. The molecule has 2 aromatic carbocycles. The van der Waals surface area contributed by atoms with Crippen LogP contribution >= 0.6 is 0 Å². The number of halogens is 1. The number of ether oxygens (including phenoxy) is 1. The Hall–Kier alpha value is -3.18. The van der Waals surface area contributed by atoms with E-state index in [4.69, 9.17) is 4.74 Å². The molecule has 0 aliphatic rings. The predicted molar refractivity (Wildman–Crippen MR) is 142 cm³/mol. The van der Waals surface area contributed by atoms with Crippen LogP contribution in [0.2, 0.25) is 0 Å². The smallest absolute Gasteiger partial charge is 0.304 e. The number of methoxy groups -OCH3 is 1. The molecule has 0 aromatic heterocycles. The lowest BCUT2D eigenvalue weighted by Crippen LogP contribution is -2.53. The Balaban J connectivity index is 2.48. The van der Waals surface area contributed by atoms with Crippen molar-refractivity contribution < 1.29 is 27.1 Å². The van der Waals surface area contributed by atoms with Gasteiger partial charge >= 0.3 is 10.2 Å². The molecule has 1 N–H and O–H groups in total. The van der Waals surface area contributed by atoms with Crippen LogP contribution in [0.15, 0.2) is 48.5 Å². The highest BCUT2D eigenvalue weighted by atomic mass is 32.2. The second-order valence-electron chi connectivity index (χ2n) is 8.69. The second kappa shape index (κ2) is 13.9. The fourth-order valence-electron chi connectivity index (χ4n) is 3.71. The van der Waals surface area contributed by atoms with E-state index in [1.165, 1.54) is 37.2 Å². The minimum absolute atomic E-state index is 0.0512. The number of rotatable bonds is 14. The highest BCUT2D eigenvalue weighted by Gasteiger charge is 2.34. The molecule has 0 heterocycles. The molecule has 0 bridgehead atoms. The number of amides is 2. The predicted octanol–water partition coefficient (Wildman–Crippen LogP) is 3.17. The molecule has 0 saturated heterocycles. The molecule has 0 saturated carbocycles. The number of para-hydroxylation sites is 1. The van der Waals surface area contributed by atoms with E-state index >= 15 is 0 Å². The summed E-state index contributed by atoms with van der Waals surface area (Å²) in [7, 11) is -0.0817. The minimum atomic E-state index is -4.23. The summed E-state index contributed by atoms with van der Waals surface area (Å²) in [5.41, 5.74) is 0.469. The van der Waals surface area contributed by atoms with Gasteiger partial charge in [0, 0.05) is 27.2 Å². The summed E-state index contributed by atoms with van der Waals surface area (Å²) >= 11 is 0. The maximum Gasteiger partial charge on any atom is 0.304 e.